The first-order valence-corrected chi connectivity index (χ1v) is 6.61. The molecule has 2 aromatic rings. The number of hydrogen-bond acceptors (Lipinski definition) is 1. The molecule has 3 heteroatoms. The summed E-state index contributed by atoms with van der Waals surface area (Å²) in [7, 11) is 0. The molecule has 0 radical (unpaired) electrons. The van der Waals surface area contributed by atoms with Gasteiger partial charge in [-0.2, -0.15) is 0 Å². The number of fused-ring (bicyclic) bond motifs is 1. The predicted molar refractivity (Wildman–Crippen MR) is 72.6 cm³/mol. The molecule has 18 heavy (non-hydrogen) atoms. The Morgan fingerprint density at radius 3 is 3.06 bits per heavy atom. The van der Waals surface area contributed by atoms with Crippen LogP contribution in [0.2, 0.25) is 0 Å². The van der Waals surface area contributed by atoms with E-state index in [2.05, 4.69) is 17.2 Å². The van der Waals surface area contributed by atoms with E-state index in [9.17, 15) is 4.79 Å². The van der Waals surface area contributed by atoms with E-state index in [1.807, 2.05) is 30.5 Å². The lowest BCUT2D eigenvalue weighted by atomic mass is 10.1. The molecule has 94 valence electrons. The number of aromatic amines is 1. The van der Waals surface area contributed by atoms with E-state index < -0.39 is 0 Å². The Labute approximate surface area is 107 Å². The fraction of sp³-hybridized carbons (Fsp3) is 0.400. The van der Waals surface area contributed by atoms with Crippen LogP contribution in [0.5, 0.6) is 0 Å². The number of H-pyrrole nitrogens is 1. The molecule has 1 amide bonds. The third-order valence-corrected chi connectivity index (χ3v) is 3.60. The van der Waals surface area contributed by atoms with Crippen LogP contribution in [0.4, 0.5) is 0 Å². The molecule has 3 nitrogen and oxygen atoms in total. The number of carbonyl (C=O) groups is 1. The van der Waals surface area contributed by atoms with Gasteiger partial charge in [-0.1, -0.05) is 18.9 Å². The van der Waals surface area contributed by atoms with Crippen LogP contribution >= 0.6 is 0 Å². The minimum absolute atomic E-state index is 0.0355. The number of nitrogens with one attached hydrogen (secondary N) is 2. The van der Waals surface area contributed by atoms with Gasteiger partial charge in [0.15, 0.2) is 0 Å². The van der Waals surface area contributed by atoms with Crippen molar-refractivity contribution >= 4 is 16.8 Å². The molecular weight excluding hydrogens is 224 g/mol. The molecule has 1 aliphatic carbocycles. The normalized spacial score (nSPS) is 16.7. The smallest absolute Gasteiger partial charge is 0.252 e. The number of aromatic nitrogens is 1. The van der Waals surface area contributed by atoms with Crippen LogP contribution in [-0.2, 0) is 0 Å². The summed E-state index contributed by atoms with van der Waals surface area (Å²) in [5.74, 6) is 0.872. The molecule has 3 rings (SSSR count). The molecular formula is C15H18N2O. The van der Waals surface area contributed by atoms with E-state index in [0.717, 1.165) is 28.8 Å². The molecule has 0 saturated heterocycles. The van der Waals surface area contributed by atoms with Gasteiger partial charge in [-0.25, -0.2) is 0 Å². The highest BCUT2D eigenvalue weighted by Gasteiger charge is 2.24. The maximum absolute atomic E-state index is 12.2. The number of hydrogen-bond donors (Lipinski definition) is 2. The van der Waals surface area contributed by atoms with Gasteiger partial charge in [-0.05, 0) is 37.5 Å². The van der Waals surface area contributed by atoms with Crippen LogP contribution in [0.1, 0.15) is 36.5 Å². The second-order valence-electron chi connectivity index (χ2n) is 5.30. The van der Waals surface area contributed by atoms with Gasteiger partial charge in [0, 0.05) is 28.7 Å². The van der Waals surface area contributed by atoms with Crippen LogP contribution in [-0.4, -0.2) is 16.9 Å². The number of carbonyl (C=O) groups excluding carboxylic acids is 1. The van der Waals surface area contributed by atoms with Crippen molar-refractivity contribution in [2.75, 3.05) is 0 Å². The molecule has 0 aliphatic heterocycles. The molecule has 1 heterocycles. The summed E-state index contributed by atoms with van der Waals surface area (Å²) in [5, 5.41) is 4.09. The van der Waals surface area contributed by atoms with Gasteiger partial charge in [0.2, 0.25) is 0 Å². The summed E-state index contributed by atoms with van der Waals surface area (Å²) in [6.07, 6.45) is 5.63. The van der Waals surface area contributed by atoms with Crippen LogP contribution in [0.3, 0.4) is 0 Å². The van der Waals surface area contributed by atoms with Crippen LogP contribution < -0.4 is 5.32 Å². The van der Waals surface area contributed by atoms with E-state index in [1.54, 1.807) is 0 Å². The summed E-state index contributed by atoms with van der Waals surface area (Å²) in [6, 6.07) is 8.00. The highest BCUT2D eigenvalue weighted by atomic mass is 16.1. The summed E-state index contributed by atoms with van der Waals surface area (Å²) in [4.78, 5) is 15.4. The topological polar surface area (TPSA) is 44.9 Å². The van der Waals surface area contributed by atoms with Crippen molar-refractivity contribution in [1.82, 2.24) is 10.3 Å². The summed E-state index contributed by atoms with van der Waals surface area (Å²) >= 11 is 0. The number of rotatable bonds is 4. The van der Waals surface area contributed by atoms with Gasteiger partial charge in [0.25, 0.3) is 5.91 Å². The lowest BCUT2D eigenvalue weighted by molar-refractivity contribution is 0.0939. The van der Waals surface area contributed by atoms with Gasteiger partial charge in [-0.15, -0.1) is 0 Å². The minimum Gasteiger partial charge on any atom is -0.361 e. The van der Waals surface area contributed by atoms with Gasteiger partial charge >= 0.3 is 0 Å². The van der Waals surface area contributed by atoms with Crippen molar-refractivity contribution in [3.63, 3.8) is 0 Å². The van der Waals surface area contributed by atoms with Gasteiger partial charge in [0.05, 0.1) is 0 Å². The van der Waals surface area contributed by atoms with E-state index in [-0.39, 0.29) is 11.9 Å². The molecule has 1 aromatic carbocycles. The van der Waals surface area contributed by atoms with Crippen molar-refractivity contribution in [3.8, 4) is 0 Å². The molecule has 1 saturated carbocycles. The molecule has 2 N–H and O–H groups in total. The fourth-order valence-electron chi connectivity index (χ4n) is 2.50. The lowest BCUT2D eigenvalue weighted by Gasteiger charge is -2.13. The SMILES string of the molecule is CC(CC1CC1)NC(=O)c1cccc2[nH]ccc12. The Balaban J connectivity index is 1.76. The first-order chi connectivity index (χ1) is 8.74. The molecule has 1 unspecified atom stereocenters. The van der Waals surface area contributed by atoms with Gasteiger partial charge < -0.3 is 10.3 Å². The Morgan fingerprint density at radius 1 is 1.44 bits per heavy atom. The van der Waals surface area contributed by atoms with Crippen LogP contribution in [0.15, 0.2) is 30.5 Å². The van der Waals surface area contributed by atoms with Crippen molar-refractivity contribution in [2.24, 2.45) is 5.92 Å². The monoisotopic (exact) mass is 242 g/mol. The molecule has 0 spiro atoms. The lowest BCUT2D eigenvalue weighted by Crippen LogP contribution is -2.32. The zero-order valence-corrected chi connectivity index (χ0v) is 10.6. The van der Waals surface area contributed by atoms with Crippen LogP contribution in [0.25, 0.3) is 10.9 Å². The first kappa shape index (κ1) is 11.3. The third-order valence-electron chi connectivity index (χ3n) is 3.60. The highest BCUT2D eigenvalue weighted by molar-refractivity contribution is 6.06. The van der Waals surface area contributed by atoms with Gasteiger partial charge in [-0.3, -0.25) is 4.79 Å². The van der Waals surface area contributed by atoms with E-state index in [4.69, 9.17) is 0 Å². The Morgan fingerprint density at radius 2 is 2.28 bits per heavy atom. The number of amides is 1. The average Bonchev–Trinajstić information content (AvgIpc) is 3.02. The predicted octanol–water partition coefficient (Wildman–Crippen LogP) is 3.09. The van der Waals surface area contributed by atoms with Crippen molar-refractivity contribution in [1.29, 1.82) is 0 Å². The molecule has 1 fully saturated rings. The minimum atomic E-state index is 0.0355. The van der Waals surface area contributed by atoms with Crippen molar-refractivity contribution in [2.45, 2.75) is 32.2 Å². The third kappa shape index (κ3) is 2.26. The second kappa shape index (κ2) is 4.48. The highest BCUT2D eigenvalue weighted by Crippen LogP contribution is 2.33. The maximum atomic E-state index is 12.2. The summed E-state index contributed by atoms with van der Waals surface area (Å²) < 4.78 is 0. The van der Waals surface area contributed by atoms with E-state index in [1.165, 1.54) is 12.8 Å². The summed E-state index contributed by atoms with van der Waals surface area (Å²) in [5.41, 5.74) is 1.77. The van der Waals surface area contributed by atoms with E-state index >= 15 is 0 Å². The maximum Gasteiger partial charge on any atom is 0.252 e. The first-order valence-electron chi connectivity index (χ1n) is 6.61. The average molecular weight is 242 g/mol. The van der Waals surface area contributed by atoms with Crippen LogP contribution in [0, 0.1) is 5.92 Å². The van der Waals surface area contributed by atoms with E-state index in [0.29, 0.717) is 0 Å². The summed E-state index contributed by atoms with van der Waals surface area (Å²) in [6.45, 7) is 2.09. The fourth-order valence-corrected chi connectivity index (χ4v) is 2.50. The zero-order chi connectivity index (χ0) is 12.5. The Hall–Kier alpha value is -1.77. The van der Waals surface area contributed by atoms with Crippen molar-refractivity contribution < 1.29 is 4.79 Å². The largest absolute Gasteiger partial charge is 0.361 e. The molecule has 1 atom stereocenters. The number of benzene rings is 1. The Bertz CT molecular complexity index is 569. The zero-order valence-electron chi connectivity index (χ0n) is 10.6. The quantitative estimate of drug-likeness (QED) is 0.850. The molecule has 1 aliphatic rings. The second-order valence-corrected chi connectivity index (χ2v) is 5.30. The van der Waals surface area contributed by atoms with Gasteiger partial charge in [0.1, 0.15) is 0 Å². The molecule has 1 aromatic heterocycles. The Kier molecular flexibility index (Phi) is 2.82. The van der Waals surface area contributed by atoms with Crippen molar-refractivity contribution in [3.05, 3.63) is 36.0 Å². The molecule has 0 bridgehead atoms. The standard InChI is InChI=1S/C15H18N2O/c1-10(9-11-5-6-11)17-15(18)13-3-2-4-14-12(13)7-8-16-14/h2-4,7-8,10-11,16H,5-6,9H2,1H3,(H,17,18).